The molecule has 0 saturated heterocycles. The van der Waals surface area contributed by atoms with Crippen molar-refractivity contribution in [1.29, 1.82) is 0 Å². The molecule has 1 saturated carbocycles. The van der Waals surface area contributed by atoms with Crippen molar-refractivity contribution in [3.8, 4) is 0 Å². The van der Waals surface area contributed by atoms with E-state index in [4.69, 9.17) is 0 Å². The van der Waals surface area contributed by atoms with Crippen molar-refractivity contribution >= 4 is 11.6 Å². The average Bonchev–Trinajstić information content (AvgIpc) is 2.38. The van der Waals surface area contributed by atoms with E-state index < -0.39 is 0 Å². The Bertz CT molecular complexity index is 383. The van der Waals surface area contributed by atoms with E-state index in [9.17, 15) is 4.79 Å². The van der Waals surface area contributed by atoms with Crippen molar-refractivity contribution in [3.05, 3.63) is 30.3 Å². The van der Waals surface area contributed by atoms with E-state index in [0.29, 0.717) is 6.54 Å². The van der Waals surface area contributed by atoms with Crippen LogP contribution in [0.4, 0.5) is 5.69 Å². The van der Waals surface area contributed by atoms with Crippen LogP contribution in [0.2, 0.25) is 0 Å². The number of hydrogen-bond acceptors (Lipinski definition) is 2. The fraction of sp³-hybridized carbons (Fsp3) is 0.533. The first-order valence-electron chi connectivity index (χ1n) is 6.78. The van der Waals surface area contributed by atoms with E-state index in [1.807, 2.05) is 30.3 Å². The summed E-state index contributed by atoms with van der Waals surface area (Å²) in [6.45, 7) is 2.51. The minimum absolute atomic E-state index is 0.00764. The van der Waals surface area contributed by atoms with Crippen molar-refractivity contribution in [1.82, 2.24) is 5.32 Å². The highest BCUT2D eigenvalue weighted by Crippen LogP contribution is 2.27. The van der Waals surface area contributed by atoms with Crippen LogP contribution in [0, 0.1) is 0 Å². The van der Waals surface area contributed by atoms with E-state index in [1.165, 1.54) is 19.3 Å². The molecule has 0 aliphatic heterocycles. The van der Waals surface area contributed by atoms with Gasteiger partial charge in [-0.1, -0.05) is 37.5 Å². The van der Waals surface area contributed by atoms with Crippen LogP contribution in [-0.4, -0.2) is 18.0 Å². The summed E-state index contributed by atoms with van der Waals surface area (Å²) in [6, 6.07) is 9.82. The molecule has 18 heavy (non-hydrogen) atoms. The molecule has 2 N–H and O–H groups in total. The summed E-state index contributed by atoms with van der Waals surface area (Å²) in [7, 11) is 0. The van der Waals surface area contributed by atoms with Crippen molar-refractivity contribution in [2.45, 2.75) is 44.6 Å². The summed E-state index contributed by atoms with van der Waals surface area (Å²) in [5.74, 6) is 0.0863. The molecule has 2 rings (SSSR count). The quantitative estimate of drug-likeness (QED) is 0.857. The topological polar surface area (TPSA) is 41.1 Å². The van der Waals surface area contributed by atoms with Gasteiger partial charge in [0, 0.05) is 11.2 Å². The Morgan fingerprint density at radius 1 is 1.17 bits per heavy atom. The maximum atomic E-state index is 11.9. The maximum absolute atomic E-state index is 11.9. The smallest absolute Gasteiger partial charge is 0.239 e. The molecule has 3 nitrogen and oxygen atoms in total. The summed E-state index contributed by atoms with van der Waals surface area (Å²) >= 11 is 0. The Hall–Kier alpha value is -1.51. The van der Waals surface area contributed by atoms with Crippen molar-refractivity contribution in [2.24, 2.45) is 0 Å². The molecular weight excluding hydrogens is 224 g/mol. The first kappa shape index (κ1) is 12.9. The summed E-state index contributed by atoms with van der Waals surface area (Å²) in [4.78, 5) is 11.9. The Morgan fingerprint density at radius 3 is 2.50 bits per heavy atom. The molecule has 0 atom stereocenters. The zero-order chi connectivity index (χ0) is 12.8. The fourth-order valence-electron chi connectivity index (χ4n) is 2.58. The summed E-state index contributed by atoms with van der Waals surface area (Å²) < 4.78 is 0. The number of amides is 1. The Balaban J connectivity index is 1.78. The number of rotatable bonds is 4. The lowest BCUT2D eigenvalue weighted by atomic mass is 9.83. The van der Waals surface area contributed by atoms with Gasteiger partial charge in [0.1, 0.15) is 0 Å². The molecule has 1 fully saturated rings. The van der Waals surface area contributed by atoms with Crippen LogP contribution in [0.15, 0.2) is 30.3 Å². The third-order valence-corrected chi connectivity index (χ3v) is 3.63. The van der Waals surface area contributed by atoms with Gasteiger partial charge in [-0.05, 0) is 31.9 Å². The zero-order valence-corrected chi connectivity index (χ0v) is 11.0. The molecule has 1 amide bonds. The summed E-state index contributed by atoms with van der Waals surface area (Å²) in [5.41, 5.74) is 0.995. The van der Waals surface area contributed by atoms with Crippen molar-refractivity contribution in [3.63, 3.8) is 0 Å². The van der Waals surface area contributed by atoms with E-state index in [1.54, 1.807) is 0 Å². The van der Waals surface area contributed by atoms with Crippen LogP contribution in [-0.2, 0) is 4.79 Å². The van der Waals surface area contributed by atoms with Crippen LogP contribution >= 0.6 is 0 Å². The number of benzene rings is 1. The Kier molecular flexibility index (Phi) is 4.24. The Labute approximate surface area is 109 Å². The van der Waals surface area contributed by atoms with Gasteiger partial charge in [-0.25, -0.2) is 0 Å². The standard InChI is InChI=1S/C15H22N2O/c1-15(10-6-3-7-11-15)17-14(18)12-16-13-8-4-2-5-9-13/h2,4-5,8-9,16H,3,6-7,10-12H2,1H3,(H,17,18). The summed E-state index contributed by atoms with van der Waals surface area (Å²) in [5, 5.41) is 6.30. The van der Waals surface area contributed by atoms with Gasteiger partial charge in [0.2, 0.25) is 5.91 Å². The average molecular weight is 246 g/mol. The van der Waals surface area contributed by atoms with Crippen LogP contribution in [0.3, 0.4) is 0 Å². The highest BCUT2D eigenvalue weighted by molar-refractivity contribution is 5.81. The fourth-order valence-corrected chi connectivity index (χ4v) is 2.58. The monoisotopic (exact) mass is 246 g/mol. The molecule has 0 heterocycles. The first-order chi connectivity index (χ1) is 8.68. The molecule has 1 aliphatic carbocycles. The molecule has 98 valence electrons. The lowest BCUT2D eigenvalue weighted by Gasteiger charge is -2.34. The normalized spacial score (nSPS) is 18.1. The second-order valence-electron chi connectivity index (χ2n) is 5.39. The number of nitrogens with one attached hydrogen (secondary N) is 2. The van der Waals surface area contributed by atoms with E-state index in [0.717, 1.165) is 18.5 Å². The minimum Gasteiger partial charge on any atom is -0.376 e. The van der Waals surface area contributed by atoms with Gasteiger partial charge in [0.15, 0.2) is 0 Å². The van der Waals surface area contributed by atoms with E-state index in [2.05, 4.69) is 17.6 Å². The van der Waals surface area contributed by atoms with Crippen molar-refractivity contribution < 1.29 is 4.79 Å². The van der Waals surface area contributed by atoms with Gasteiger partial charge in [-0.15, -0.1) is 0 Å². The molecule has 0 radical (unpaired) electrons. The molecule has 0 bridgehead atoms. The van der Waals surface area contributed by atoms with Crippen molar-refractivity contribution in [2.75, 3.05) is 11.9 Å². The van der Waals surface area contributed by atoms with E-state index >= 15 is 0 Å². The van der Waals surface area contributed by atoms with Gasteiger partial charge in [0.05, 0.1) is 6.54 Å². The van der Waals surface area contributed by atoms with Gasteiger partial charge in [0.25, 0.3) is 0 Å². The number of hydrogen-bond donors (Lipinski definition) is 2. The van der Waals surface area contributed by atoms with Crippen LogP contribution < -0.4 is 10.6 Å². The number of anilines is 1. The minimum atomic E-state index is 0.00764. The Morgan fingerprint density at radius 2 is 1.83 bits per heavy atom. The highest BCUT2D eigenvalue weighted by atomic mass is 16.2. The van der Waals surface area contributed by atoms with Crippen LogP contribution in [0.25, 0.3) is 0 Å². The maximum Gasteiger partial charge on any atom is 0.239 e. The second kappa shape index (κ2) is 5.89. The van der Waals surface area contributed by atoms with E-state index in [-0.39, 0.29) is 11.4 Å². The van der Waals surface area contributed by atoms with Crippen LogP contribution in [0.1, 0.15) is 39.0 Å². The van der Waals surface area contributed by atoms with Gasteiger partial charge >= 0.3 is 0 Å². The molecule has 0 spiro atoms. The van der Waals surface area contributed by atoms with Gasteiger partial charge < -0.3 is 10.6 Å². The highest BCUT2D eigenvalue weighted by Gasteiger charge is 2.27. The van der Waals surface area contributed by atoms with Gasteiger partial charge in [-0.3, -0.25) is 4.79 Å². The number of para-hydroxylation sites is 1. The third kappa shape index (κ3) is 3.76. The largest absolute Gasteiger partial charge is 0.376 e. The predicted molar refractivity (Wildman–Crippen MR) is 74.6 cm³/mol. The SMILES string of the molecule is CC1(NC(=O)CNc2ccccc2)CCCCC1. The lowest BCUT2D eigenvalue weighted by molar-refractivity contribution is -0.121. The molecule has 0 aromatic heterocycles. The summed E-state index contributed by atoms with van der Waals surface area (Å²) in [6.07, 6.45) is 5.95. The molecule has 1 aromatic carbocycles. The zero-order valence-electron chi connectivity index (χ0n) is 11.0. The van der Waals surface area contributed by atoms with Gasteiger partial charge in [-0.2, -0.15) is 0 Å². The molecule has 1 aromatic rings. The predicted octanol–water partition coefficient (Wildman–Crippen LogP) is 2.94. The lowest BCUT2D eigenvalue weighted by Crippen LogP contribution is -2.49. The molecule has 3 heteroatoms. The molecular formula is C15H22N2O. The third-order valence-electron chi connectivity index (χ3n) is 3.63. The molecule has 1 aliphatic rings. The number of carbonyl (C=O) groups is 1. The van der Waals surface area contributed by atoms with Crippen LogP contribution in [0.5, 0.6) is 0 Å². The second-order valence-corrected chi connectivity index (χ2v) is 5.39. The number of carbonyl (C=O) groups excluding carboxylic acids is 1. The first-order valence-corrected chi connectivity index (χ1v) is 6.78. The molecule has 0 unspecified atom stereocenters.